The fourth-order valence-corrected chi connectivity index (χ4v) is 0.544. The number of alkyl halides is 1. The van der Waals surface area contributed by atoms with E-state index in [2.05, 4.69) is 5.32 Å². The molecule has 56 valence electrons. The van der Waals surface area contributed by atoms with Gasteiger partial charge in [-0.3, -0.25) is 5.32 Å². The zero-order chi connectivity index (χ0) is 7.11. The first-order chi connectivity index (χ1) is 4.35. The van der Waals surface area contributed by atoms with Gasteiger partial charge < -0.3 is 9.47 Å². The molecule has 1 N–H and O–H groups in total. The normalized spacial score (nSPS) is 10.7. The standard InChI is InChI=1S/C5H12ClNO2/c1-8-5(9-2)3-7-4-6/h5,7H,3-4H2,1-2H3. The highest BCUT2D eigenvalue weighted by atomic mass is 35.5. The molecule has 0 aromatic rings. The molecule has 0 atom stereocenters. The Balaban J connectivity index is 3.09. The van der Waals surface area contributed by atoms with Gasteiger partial charge in [0.25, 0.3) is 0 Å². The zero-order valence-corrected chi connectivity index (χ0v) is 6.44. The molecule has 9 heavy (non-hydrogen) atoms. The first-order valence-electron chi connectivity index (χ1n) is 2.67. The molecule has 0 aliphatic heterocycles. The molecule has 3 nitrogen and oxygen atoms in total. The minimum atomic E-state index is -0.191. The Morgan fingerprint density at radius 1 is 1.44 bits per heavy atom. The molecule has 0 radical (unpaired) electrons. The molecular weight excluding hydrogens is 142 g/mol. The Morgan fingerprint density at radius 3 is 2.33 bits per heavy atom. The van der Waals surface area contributed by atoms with Crippen molar-refractivity contribution in [2.45, 2.75) is 6.29 Å². The third kappa shape index (κ3) is 4.66. The van der Waals surface area contributed by atoms with Crippen molar-refractivity contribution in [2.24, 2.45) is 0 Å². The van der Waals surface area contributed by atoms with Crippen LogP contribution in [-0.2, 0) is 9.47 Å². The van der Waals surface area contributed by atoms with Gasteiger partial charge in [0, 0.05) is 20.8 Å². The molecule has 0 amide bonds. The van der Waals surface area contributed by atoms with Gasteiger partial charge in [-0.1, -0.05) is 0 Å². The van der Waals surface area contributed by atoms with Crippen LogP contribution < -0.4 is 5.32 Å². The summed E-state index contributed by atoms with van der Waals surface area (Å²) in [7, 11) is 3.17. The van der Waals surface area contributed by atoms with Crippen LogP contribution in [-0.4, -0.2) is 33.1 Å². The lowest BCUT2D eigenvalue weighted by atomic mass is 10.6. The molecule has 0 aromatic heterocycles. The van der Waals surface area contributed by atoms with Crippen LogP contribution in [0.5, 0.6) is 0 Å². The summed E-state index contributed by atoms with van der Waals surface area (Å²) in [5, 5.41) is 2.87. The van der Waals surface area contributed by atoms with Crippen LogP contribution in [0.25, 0.3) is 0 Å². The first kappa shape index (κ1) is 9.17. The summed E-state index contributed by atoms with van der Waals surface area (Å²) >= 11 is 5.34. The fraction of sp³-hybridized carbons (Fsp3) is 1.00. The molecule has 0 heterocycles. The SMILES string of the molecule is COC(CNCCl)OC. The van der Waals surface area contributed by atoms with Gasteiger partial charge in [0.05, 0.1) is 6.00 Å². The summed E-state index contributed by atoms with van der Waals surface area (Å²) in [6.45, 7) is 0.622. The maximum absolute atomic E-state index is 5.34. The molecule has 0 aliphatic carbocycles. The van der Waals surface area contributed by atoms with Crippen LogP contribution in [0.3, 0.4) is 0 Å². The third-order valence-corrected chi connectivity index (χ3v) is 1.12. The lowest BCUT2D eigenvalue weighted by Gasteiger charge is -2.11. The minimum Gasteiger partial charge on any atom is -0.355 e. The fourth-order valence-electron chi connectivity index (χ4n) is 0.435. The lowest BCUT2D eigenvalue weighted by Crippen LogP contribution is -2.28. The number of hydrogen-bond donors (Lipinski definition) is 1. The molecule has 0 fully saturated rings. The number of hydrogen-bond acceptors (Lipinski definition) is 3. The molecular formula is C5H12ClNO2. The van der Waals surface area contributed by atoms with Crippen LogP contribution in [0.1, 0.15) is 0 Å². The maximum atomic E-state index is 5.34. The Morgan fingerprint density at radius 2 is 2.00 bits per heavy atom. The predicted octanol–water partition coefficient (Wildman–Crippen LogP) is 0.391. The van der Waals surface area contributed by atoms with Gasteiger partial charge in [-0.05, 0) is 0 Å². The third-order valence-electron chi connectivity index (χ3n) is 0.931. The van der Waals surface area contributed by atoms with E-state index in [4.69, 9.17) is 21.1 Å². The van der Waals surface area contributed by atoms with Gasteiger partial charge >= 0.3 is 0 Å². The summed E-state index contributed by atoms with van der Waals surface area (Å²) in [5.41, 5.74) is 0. The molecule has 0 aromatic carbocycles. The Bertz CT molecular complexity index is 58.9. The lowest BCUT2D eigenvalue weighted by molar-refractivity contribution is -0.0981. The Hall–Kier alpha value is 0.170. The number of methoxy groups -OCH3 is 2. The second-order valence-corrected chi connectivity index (χ2v) is 1.76. The topological polar surface area (TPSA) is 30.5 Å². The van der Waals surface area contributed by atoms with E-state index >= 15 is 0 Å². The molecule has 4 heteroatoms. The van der Waals surface area contributed by atoms with E-state index in [1.807, 2.05) is 0 Å². The number of halogens is 1. The van der Waals surface area contributed by atoms with E-state index in [-0.39, 0.29) is 6.29 Å². The second-order valence-electron chi connectivity index (χ2n) is 1.49. The molecule has 0 saturated heterocycles. The van der Waals surface area contributed by atoms with Crippen molar-refractivity contribution < 1.29 is 9.47 Å². The highest BCUT2D eigenvalue weighted by Crippen LogP contribution is 1.86. The molecule has 0 bridgehead atoms. The van der Waals surface area contributed by atoms with Crippen molar-refractivity contribution in [2.75, 3.05) is 26.8 Å². The summed E-state index contributed by atoms with van der Waals surface area (Å²) in [6, 6.07) is 0.420. The summed E-state index contributed by atoms with van der Waals surface area (Å²) < 4.78 is 9.72. The van der Waals surface area contributed by atoms with Crippen LogP contribution in [0.2, 0.25) is 0 Å². The van der Waals surface area contributed by atoms with Gasteiger partial charge in [-0.15, -0.1) is 11.6 Å². The smallest absolute Gasteiger partial charge is 0.169 e. The largest absolute Gasteiger partial charge is 0.355 e. The number of nitrogens with one attached hydrogen (secondary N) is 1. The minimum absolute atomic E-state index is 0.191. The van der Waals surface area contributed by atoms with Crippen LogP contribution in [0.4, 0.5) is 0 Å². The second kappa shape index (κ2) is 6.29. The van der Waals surface area contributed by atoms with Crippen molar-refractivity contribution in [3.63, 3.8) is 0 Å². The van der Waals surface area contributed by atoms with E-state index < -0.39 is 0 Å². The highest BCUT2D eigenvalue weighted by Gasteiger charge is 2.01. The average Bonchev–Trinajstić information content (AvgIpc) is 1.91. The molecule has 0 saturated carbocycles. The number of rotatable bonds is 5. The van der Waals surface area contributed by atoms with Gasteiger partial charge in [0.1, 0.15) is 0 Å². The monoisotopic (exact) mass is 153 g/mol. The van der Waals surface area contributed by atoms with Crippen molar-refractivity contribution >= 4 is 11.6 Å². The Labute approximate surface area is 60.3 Å². The van der Waals surface area contributed by atoms with Crippen molar-refractivity contribution in [1.29, 1.82) is 0 Å². The van der Waals surface area contributed by atoms with Crippen molar-refractivity contribution in [1.82, 2.24) is 5.32 Å². The zero-order valence-electron chi connectivity index (χ0n) is 5.69. The van der Waals surface area contributed by atoms with Gasteiger partial charge in [-0.2, -0.15) is 0 Å². The maximum Gasteiger partial charge on any atom is 0.169 e. The van der Waals surface area contributed by atoms with Crippen molar-refractivity contribution in [3.8, 4) is 0 Å². The van der Waals surface area contributed by atoms with E-state index in [9.17, 15) is 0 Å². The van der Waals surface area contributed by atoms with E-state index in [1.165, 1.54) is 0 Å². The number of ether oxygens (including phenoxy) is 2. The van der Waals surface area contributed by atoms with Gasteiger partial charge in [0.2, 0.25) is 0 Å². The van der Waals surface area contributed by atoms with E-state index in [0.29, 0.717) is 12.5 Å². The molecule has 0 unspecified atom stereocenters. The van der Waals surface area contributed by atoms with E-state index in [0.717, 1.165) is 0 Å². The summed E-state index contributed by atoms with van der Waals surface area (Å²) in [5.74, 6) is 0. The van der Waals surface area contributed by atoms with Crippen molar-refractivity contribution in [3.05, 3.63) is 0 Å². The van der Waals surface area contributed by atoms with Crippen LogP contribution in [0, 0.1) is 0 Å². The van der Waals surface area contributed by atoms with Crippen LogP contribution >= 0.6 is 11.6 Å². The average molecular weight is 154 g/mol. The van der Waals surface area contributed by atoms with Gasteiger partial charge in [0.15, 0.2) is 6.29 Å². The predicted molar refractivity (Wildman–Crippen MR) is 36.5 cm³/mol. The Kier molecular flexibility index (Phi) is 6.41. The summed E-state index contributed by atoms with van der Waals surface area (Å²) in [6.07, 6.45) is -0.191. The first-order valence-corrected chi connectivity index (χ1v) is 3.21. The highest BCUT2D eigenvalue weighted by molar-refractivity contribution is 6.17. The summed E-state index contributed by atoms with van der Waals surface area (Å²) in [4.78, 5) is 0. The molecule has 0 spiro atoms. The molecule has 0 aliphatic rings. The molecule has 0 rings (SSSR count). The van der Waals surface area contributed by atoms with E-state index in [1.54, 1.807) is 14.2 Å². The quantitative estimate of drug-likeness (QED) is 0.352. The van der Waals surface area contributed by atoms with Gasteiger partial charge in [-0.25, -0.2) is 0 Å². The van der Waals surface area contributed by atoms with Crippen LogP contribution in [0.15, 0.2) is 0 Å².